The molecule has 0 aliphatic carbocycles. The molecule has 2 N–H and O–H groups in total. The van der Waals surface area contributed by atoms with Crippen LogP contribution in [0.25, 0.3) is 0 Å². The van der Waals surface area contributed by atoms with E-state index >= 15 is 0 Å². The Kier molecular flexibility index (Phi) is 2.51. The van der Waals surface area contributed by atoms with E-state index in [1.54, 1.807) is 11.8 Å². The molecule has 3 atom stereocenters. The molecule has 2 rings (SSSR count). The van der Waals surface area contributed by atoms with Gasteiger partial charge in [0.25, 0.3) is 0 Å². The summed E-state index contributed by atoms with van der Waals surface area (Å²) in [4.78, 5) is 10.8. The minimum Gasteiger partial charge on any atom is -0.480 e. The van der Waals surface area contributed by atoms with Gasteiger partial charge in [-0.3, -0.25) is 10.1 Å². The van der Waals surface area contributed by atoms with Crippen molar-refractivity contribution in [3.8, 4) is 0 Å². The molecule has 13 heavy (non-hydrogen) atoms. The molecule has 0 saturated carbocycles. The lowest BCUT2D eigenvalue weighted by Gasteiger charge is -2.27. The SMILES string of the molecule is CC1SCCC12N[C@H](C(=O)O)CS2. The van der Waals surface area contributed by atoms with Gasteiger partial charge < -0.3 is 5.11 Å². The molecule has 2 heterocycles. The zero-order valence-electron chi connectivity index (χ0n) is 7.45. The Morgan fingerprint density at radius 3 is 2.92 bits per heavy atom. The minimum atomic E-state index is -0.714. The summed E-state index contributed by atoms with van der Waals surface area (Å²) in [5.41, 5.74) is 0. The Hall–Kier alpha value is 0.130. The number of hydrogen-bond donors (Lipinski definition) is 2. The van der Waals surface area contributed by atoms with Crippen LogP contribution in [-0.2, 0) is 4.79 Å². The number of carboxylic acids is 1. The van der Waals surface area contributed by atoms with Crippen molar-refractivity contribution < 1.29 is 9.90 Å². The van der Waals surface area contributed by atoms with Crippen molar-refractivity contribution in [3.05, 3.63) is 0 Å². The Morgan fingerprint density at radius 1 is 1.69 bits per heavy atom. The van der Waals surface area contributed by atoms with Crippen LogP contribution in [0, 0.1) is 0 Å². The lowest BCUT2D eigenvalue weighted by atomic mass is 10.1. The molecule has 2 saturated heterocycles. The van der Waals surface area contributed by atoms with Gasteiger partial charge in [-0.15, -0.1) is 11.8 Å². The lowest BCUT2D eigenvalue weighted by molar-refractivity contribution is -0.138. The summed E-state index contributed by atoms with van der Waals surface area (Å²) in [5.74, 6) is 1.14. The fourth-order valence-electron chi connectivity index (χ4n) is 1.85. The van der Waals surface area contributed by atoms with Crippen molar-refractivity contribution in [1.29, 1.82) is 0 Å². The van der Waals surface area contributed by atoms with Crippen LogP contribution in [0.4, 0.5) is 0 Å². The monoisotopic (exact) mass is 219 g/mol. The molecule has 0 aromatic heterocycles. The average molecular weight is 219 g/mol. The third-order valence-corrected chi connectivity index (χ3v) is 5.90. The van der Waals surface area contributed by atoms with Crippen LogP contribution in [0.1, 0.15) is 13.3 Å². The lowest BCUT2D eigenvalue weighted by Crippen LogP contribution is -2.48. The highest BCUT2D eigenvalue weighted by Crippen LogP contribution is 2.46. The first-order valence-corrected chi connectivity index (χ1v) is 6.43. The smallest absolute Gasteiger partial charge is 0.321 e. The highest BCUT2D eigenvalue weighted by molar-refractivity contribution is 8.05. The van der Waals surface area contributed by atoms with Gasteiger partial charge in [0.1, 0.15) is 6.04 Å². The molecule has 0 bridgehead atoms. The minimum absolute atomic E-state index is 0.0493. The van der Waals surface area contributed by atoms with Crippen LogP contribution >= 0.6 is 23.5 Å². The zero-order valence-corrected chi connectivity index (χ0v) is 9.08. The van der Waals surface area contributed by atoms with Crippen molar-refractivity contribution in [2.45, 2.75) is 29.5 Å². The van der Waals surface area contributed by atoms with Crippen LogP contribution in [0.2, 0.25) is 0 Å². The van der Waals surface area contributed by atoms with E-state index in [1.807, 2.05) is 11.8 Å². The van der Waals surface area contributed by atoms with Gasteiger partial charge in [-0.1, -0.05) is 6.92 Å². The van der Waals surface area contributed by atoms with Crippen molar-refractivity contribution in [2.75, 3.05) is 11.5 Å². The largest absolute Gasteiger partial charge is 0.480 e. The highest BCUT2D eigenvalue weighted by atomic mass is 32.2. The standard InChI is InChI=1S/C8H13NO2S2/c1-5-8(2-3-12-5)9-6(4-13-8)7(10)11/h5-6,9H,2-4H2,1H3,(H,10,11)/t5?,6-,8?/m0/s1. The maximum absolute atomic E-state index is 10.8. The van der Waals surface area contributed by atoms with E-state index in [-0.39, 0.29) is 10.9 Å². The van der Waals surface area contributed by atoms with Gasteiger partial charge in [0.2, 0.25) is 0 Å². The van der Waals surface area contributed by atoms with Gasteiger partial charge in [-0.2, -0.15) is 11.8 Å². The summed E-state index contributed by atoms with van der Waals surface area (Å²) >= 11 is 3.71. The normalized spacial score (nSPS) is 44.4. The Labute approximate surface area is 86.0 Å². The van der Waals surface area contributed by atoms with Gasteiger partial charge in [-0.05, 0) is 12.2 Å². The van der Waals surface area contributed by atoms with Crippen LogP contribution in [-0.4, -0.2) is 38.7 Å². The molecule has 0 aromatic rings. The van der Waals surface area contributed by atoms with E-state index in [2.05, 4.69) is 12.2 Å². The Bertz CT molecular complexity index is 236. The molecule has 2 aliphatic heterocycles. The zero-order chi connectivity index (χ0) is 9.47. The van der Waals surface area contributed by atoms with Crippen molar-refractivity contribution in [1.82, 2.24) is 5.32 Å². The maximum Gasteiger partial charge on any atom is 0.321 e. The number of aliphatic carboxylic acids is 1. The summed E-state index contributed by atoms with van der Waals surface area (Å²) in [5, 5.41) is 12.6. The molecule has 2 unspecified atom stereocenters. The predicted molar refractivity (Wildman–Crippen MR) is 56.3 cm³/mol. The van der Waals surface area contributed by atoms with Gasteiger partial charge in [0.15, 0.2) is 0 Å². The number of thioether (sulfide) groups is 2. The first-order chi connectivity index (χ1) is 6.14. The third-order valence-electron chi connectivity index (χ3n) is 2.72. The molecule has 2 fully saturated rings. The number of carbonyl (C=O) groups is 1. The maximum atomic E-state index is 10.8. The van der Waals surface area contributed by atoms with Crippen molar-refractivity contribution in [2.24, 2.45) is 0 Å². The van der Waals surface area contributed by atoms with Gasteiger partial charge in [-0.25, -0.2) is 0 Å². The fourth-order valence-corrected chi connectivity index (χ4v) is 5.03. The van der Waals surface area contributed by atoms with E-state index in [4.69, 9.17) is 5.11 Å². The average Bonchev–Trinajstić information content (AvgIpc) is 2.63. The summed E-state index contributed by atoms with van der Waals surface area (Å²) < 4.78 is 0. The number of rotatable bonds is 1. The van der Waals surface area contributed by atoms with Gasteiger partial charge >= 0.3 is 5.97 Å². The van der Waals surface area contributed by atoms with E-state index in [0.29, 0.717) is 11.0 Å². The molecule has 0 aromatic carbocycles. The predicted octanol–water partition coefficient (Wildman–Crippen LogP) is 0.998. The van der Waals surface area contributed by atoms with Crippen LogP contribution < -0.4 is 5.32 Å². The fraction of sp³-hybridized carbons (Fsp3) is 0.875. The van der Waals surface area contributed by atoms with E-state index in [1.165, 1.54) is 0 Å². The quantitative estimate of drug-likeness (QED) is 0.689. The highest BCUT2D eigenvalue weighted by Gasteiger charge is 2.48. The van der Waals surface area contributed by atoms with Crippen molar-refractivity contribution in [3.63, 3.8) is 0 Å². The Morgan fingerprint density at radius 2 is 2.46 bits per heavy atom. The molecular formula is C8H13NO2S2. The number of carboxylic acid groups (broad SMARTS) is 1. The first kappa shape index (κ1) is 9.68. The molecule has 74 valence electrons. The second-order valence-electron chi connectivity index (χ2n) is 3.50. The van der Waals surface area contributed by atoms with Crippen LogP contribution in [0.5, 0.6) is 0 Å². The molecule has 5 heteroatoms. The summed E-state index contributed by atoms with van der Waals surface area (Å²) in [6, 6.07) is -0.342. The molecule has 0 radical (unpaired) electrons. The second-order valence-corrected chi connectivity index (χ2v) is 6.30. The Balaban J connectivity index is 2.07. The second kappa shape index (κ2) is 3.37. The first-order valence-electron chi connectivity index (χ1n) is 4.40. The summed E-state index contributed by atoms with van der Waals surface area (Å²) in [7, 11) is 0. The topological polar surface area (TPSA) is 49.3 Å². The van der Waals surface area contributed by atoms with E-state index in [9.17, 15) is 4.79 Å². The van der Waals surface area contributed by atoms with Crippen LogP contribution in [0.15, 0.2) is 0 Å². The van der Waals surface area contributed by atoms with Gasteiger partial charge in [0, 0.05) is 11.0 Å². The molecular weight excluding hydrogens is 206 g/mol. The van der Waals surface area contributed by atoms with Gasteiger partial charge in [0.05, 0.1) is 4.87 Å². The van der Waals surface area contributed by atoms with E-state index in [0.717, 1.165) is 12.2 Å². The van der Waals surface area contributed by atoms with E-state index < -0.39 is 5.97 Å². The van der Waals surface area contributed by atoms with Crippen molar-refractivity contribution >= 4 is 29.5 Å². The van der Waals surface area contributed by atoms with Crippen LogP contribution in [0.3, 0.4) is 0 Å². The summed E-state index contributed by atoms with van der Waals surface area (Å²) in [6.45, 7) is 2.18. The summed E-state index contributed by atoms with van der Waals surface area (Å²) in [6.07, 6.45) is 1.09. The third kappa shape index (κ3) is 1.57. The molecule has 3 nitrogen and oxygen atoms in total. The number of hydrogen-bond acceptors (Lipinski definition) is 4. The number of nitrogens with one attached hydrogen (secondary N) is 1. The molecule has 2 aliphatic rings. The molecule has 0 amide bonds. The molecule has 1 spiro atoms.